The van der Waals surface area contributed by atoms with Gasteiger partial charge >= 0.3 is 0 Å². The van der Waals surface area contributed by atoms with E-state index in [1.54, 1.807) is 7.05 Å². The summed E-state index contributed by atoms with van der Waals surface area (Å²) in [5.41, 5.74) is 0. The van der Waals surface area contributed by atoms with Crippen LogP contribution in [0.4, 0.5) is 0 Å². The fourth-order valence-electron chi connectivity index (χ4n) is 2.03. The Hall–Kier alpha value is -0.170. The van der Waals surface area contributed by atoms with E-state index in [2.05, 4.69) is 5.32 Å². The van der Waals surface area contributed by atoms with Crippen molar-refractivity contribution in [2.75, 3.05) is 32.6 Å². The van der Waals surface area contributed by atoms with Crippen LogP contribution >= 0.6 is 0 Å². The number of likely N-dealkylation sites (N-methyl/N-ethyl adjacent to an activating group) is 1. The molecule has 1 saturated carbocycles. The molecule has 0 aromatic carbocycles. The molecular formula is C11H22N2O3S. The van der Waals surface area contributed by atoms with Gasteiger partial charge in [-0.15, -0.1) is 0 Å². The van der Waals surface area contributed by atoms with E-state index in [-0.39, 0.29) is 11.8 Å². The first kappa shape index (κ1) is 13.3. The van der Waals surface area contributed by atoms with Crippen molar-refractivity contribution in [3.63, 3.8) is 0 Å². The molecule has 1 aliphatic carbocycles. The van der Waals surface area contributed by atoms with E-state index in [1.807, 2.05) is 0 Å². The van der Waals surface area contributed by atoms with Gasteiger partial charge in [0.15, 0.2) is 0 Å². The Balaban J connectivity index is 1.71. The Morgan fingerprint density at radius 1 is 1.35 bits per heavy atom. The standard InChI is InChI=1S/C11H22N2O3S/c1-13(11-5-7-16-9-11)17(14,15)8-2-6-12-10-3-4-10/h10-12H,2-9H2,1H3. The normalized spacial score (nSPS) is 25.6. The lowest BCUT2D eigenvalue weighted by molar-refractivity contribution is 0.181. The zero-order valence-corrected chi connectivity index (χ0v) is 11.2. The molecule has 100 valence electrons. The van der Waals surface area contributed by atoms with Crippen LogP contribution in [-0.4, -0.2) is 57.4 Å². The van der Waals surface area contributed by atoms with E-state index in [1.165, 1.54) is 17.1 Å². The maximum atomic E-state index is 12.0. The van der Waals surface area contributed by atoms with Crippen LogP contribution in [0.2, 0.25) is 0 Å². The van der Waals surface area contributed by atoms with Gasteiger partial charge in [0.25, 0.3) is 0 Å². The smallest absolute Gasteiger partial charge is 0.214 e. The number of ether oxygens (including phenoxy) is 1. The molecule has 17 heavy (non-hydrogen) atoms. The molecule has 1 aliphatic heterocycles. The van der Waals surface area contributed by atoms with E-state index in [9.17, 15) is 8.42 Å². The van der Waals surface area contributed by atoms with Gasteiger partial charge in [-0.3, -0.25) is 0 Å². The zero-order chi connectivity index (χ0) is 12.3. The van der Waals surface area contributed by atoms with E-state index in [0.29, 0.717) is 25.7 Å². The van der Waals surface area contributed by atoms with Gasteiger partial charge in [-0.05, 0) is 32.2 Å². The minimum atomic E-state index is -3.11. The van der Waals surface area contributed by atoms with Crippen molar-refractivity contribution >= 4 is 10.0 Å². The first-order valence-corrected chi connectivity index (χ1v) is 7.97. The number of sulfonamides is 1. The van der Waals surface area contributed by atoms with E-state index >= 15 is 0 Å². The number of hydrogen-bond donors (Lipinski definition) is 1. The molecule has 0 radical (unpaired) electrons. The van der Waals surface area contributed by atoms with Gasteiger partial charge in [-0.25, -0.2) is 8.42 Å². The maximum absolute atomic E-state index is 12.0. The summed E-state index contributed by atoms with van der Waals surface area (Å²) in [6.07, 6.45) is 3.99. The van der Waals surface area contributed by atoms with Crippen molar-refractivity contribution in [3.05, 3.63) is 0 Å². The third-order valence-corrected chi connectivity index (χ3v) is 5.43. The topological polar surface area (TPSA) is 58.6 Å². The zero-order valence-electron chi connectivity index (χ0n) is 10.4. The van der Waals surface area contributed by atoms with Gasteiger partial charge in [0.2, 0.25) is 10.0 Å². The number of nitrogens with one attached hydrogen (secondary N) is 1. The lowest BCUT2D eigenvalue weighted by Gasteiger charge is -2.22. The summed E-state index contributed by atoms with van der Waals surface area (Å²) in [5, 5.41) is 3.33. The monoisotopic (exact) mass is 262 g/mol. The Bertz CT molecular complexity index is 335. The van der Waals surface area contributed by atoms with Crippen LogP contribution in [0, 0.1) is 0 Å². The second kappa shape index (κ2) is 5.65. The first-order valence-electron chi connectivity index (χ1n) is 6.36. The molecule has 1 heterocycles. The van der Waals surface area contributed by atoms with Crippen molar-refractivity contribution in [3.8, 4) is 0 Å². The van der Waals surface area contributed by atoms with Crippen LogP contribution in [-0.2, 0) is 14.8 Å². The average Bonchev–Trinajstić information content (AvgIpc) is 2.95. The summed E-state index contributed by atoms with van der Waals surface area (Å²) >= 11 is 0. The largest absolute Gasteiger partial charge is 0.380 e. The predicted molar refractivity (Wildman–Crippen MR) is 66.4 cm³/mol. The molecule has 2 aliphatic rings. The first-order chi connectivity index (χ1) is 8.09. The third-order valence-electron chi connectivity index (χ3n) is 3.45. The van der Waals surface area contributed by atoms with Crippen molar-refractivity contribution in [1.82, 2.24) is 9.62 Å². The van der Waals surface area contributed by atoms with Gasteiger partial charge in [0.1, 0.15) is 0 Å². The van der Waals surface area contributed by atoms with E-state index in [0.717, 1.165) is 13.0 Å². The number of hydrogen-bond acceptors (Lipinski definition) is 4. The second-order valence-corrected chi connectivity index (χ2v) is 7.08. The van der Waals surface area contributed by atoms with Crippen LogP contribution in [0.1, 0.15) is 25.7 Å². The molecule has 0 aromatic heterocycles. The molecule has 2 rings (SSSR count). The molecule has 1 unspecified atom stereocenters. The molecule has 0 spiro atoms. The van der Waals surface area contributed by atoms with Crippen LogP contribution in [0.5, 0.6) is 0 Å². The minimum Gasteiger partial charge on any atom is -0.380 e. The average molecular weight is 262 g/mol. The van der Waals surface area contributed by atoms with Crippen molar-refractivity contribution in [2.45, 2.75) is 37.8 Å². The third kappa shape index (κ3) is 3.91. The molecule has 5 nitrogen and oxygen atoms in total. The van der Waals surface area contributed by atoms with Gasteiger partial charge in [0, 0.05) is 19.7 Å². The Kier molecular flexibility index (Phi) is 4.41. The summed E-state index contributed by atoms with van der Waals surface area (Å²) < 4.78 is 30.8. The molecular weight excluding hydrogens is 240 g/mol. The Morgan fingerprint density at radius 3 is 2.71 bits per heavy atom. The van der Waals surface area contributed by atoms with Crippen LogP contribution in [0.15, 0.2) is 0 Å². The predicted octanol–water partition coefficient (Wildman–Crippen LogP) is 0.179. The SMILES string of the molecule is CN(C1CCOC1)S(=O)(=O)CCCNC1CC1. The van der Waals surface area contributed by atoms with Crippen LogP contribution in [0.25, 0.3) is 0 Å². The number of nitrogens with zero attached hydrogens (tertiary/aromatic N) is 1. The summed E-state index contributed by atoms with van der Waals surface area (Å²) in [7, 11) is -1.44. The molecule has 6 heteroatoms. The van der Waals surface area contributed by atoms with Crippen LogP contribution < -0.4 is 5.32 Å². The maximum Gasteiger partial charge on any atom is 0.214 e. The summed E-state index contributed by atoms with van der Waals surface area (Å²) in [4.78, 5) is 0. The van der Waals surface area contributed by atoms with E-state index in [4.69, 9.17) is 4.74 Å². The lowest BCUT2D eigenvalue weighted by atomic mass is 10.3. The highest BCUT2D eigenvalue weighted by atomic mass is 32.2. The second-order valence-electron chi connectivity index (χ2n) is 4.93. The highest BCUT2D eigenvalue weighted by molar-refractivity contribution is 7.89. The molecule has 1 atom stereocenters. The minimum absolute atomic E-state index is 0.0383. The molecule has 0 amide bonds. The quantitative estimate of drug-likeness (QED) is 0.665. The van der Waals surface area contributed by atoms with Gasteiger partial charge in [-0.2, -0.15) is 4.31 Å². The van der Waals surface area contributed by atoms with Crippen molar-refractivity contribution < 1.29 is 13.2 Å². The summed E-state index contributed by atoms with van der Waals surface area (Å²) in [6.45, 7) is 2.02. The highest BCUT2D eigenvalue weighted by Gasteiger charge is 2.29. The van der Waals surface area contributed by atoms with Gasteiger partial charge in [-0.1, -0.05) is 0 Å². The van der Waals surface area contributed by atoms with Gasteiger partial charge < -0.3 is 10.1 Å². The molecule has 2 fully saturated rings. The molecule has 0 aromatic rings. The fraction of sp³-hybridized carbons (Fsp3) is 1.00. The van der Waals surface area contributed by atoms with Crippen LogP contribution in [0.3, 0.4) is 0 Å². The van der Waals surface area contributed by atoms with Crippen molar-refractivity contribution in [2.24, 2.45) is 0 Å². The van der Waals surface area contributed by atoms with Crippen molar-refractivity contribution in [1.29, 1.82) is 0 Å². The summed E-state index contributed by atoms with van der Waals surface area (Å²) in [6, 6.07) is 0.690. The Labute approximate surface area is 104 Å². The fourth-order valence-corrected chi connectivity index (χ4v) is 3.45. The molecule has 0 bridgehead atoms. The number of rotatable bonds is 7. The Morgan fingerprint density at radius 2 is 2.12 bits per heavy atom. The molecule has 1 saturated heterocycles. The molecule has 1 N–H and O–H groups in total. The highest BCUT2D eigenvalue weighted by Crippen LogP contribution is 2.18. The van der Waals surface area contributed by atoms with Gasteiger partial charge in [0.05, 0.1) is 18.4 Å². The van der Waals surface area contributed by atoms with E-state index < -0.39 is 10.0 Å². The lowest BCUT2D eigenvalue weighted by Crippen LogP contribution is -2.39. The summed E-state index contributed by atoms with van der Waals surface area (Å²) in [5.74, 6) is 0.236.